The van der Waals surface area contributed by atoms with E-state index in [0.29, 0.717) is 39.8 Å². The van der Waals surface area contributed by atoms with Gasteiger partial charge in [0.15, 0.2) is 8.32 Å². The Bertz CT molecular complexity index is 3790. The molecule has 0 spiro atoms. The van der Waals surface area contributed by atoms with Crippen molar-refractivity contribution in [3.8, 4) is 22.6 Å². The number of hydrogen-bond donors (Lipinski definition) is 5. The second-order valence-electron chi connectivity index (χ2n) is 28.5. The minimum atomic E-state index is -2.72. The van der Waals surface area contributed by atoms with Gasteiger partial charge in [-0.15, -0.1) is 0 Å². The molecule has 0 heterocycles. The van der Waals surface area contributed by atoms with Crippen molar-refractivity contribution in [1.29, 1.82) is 0 Å². The van der Waals surface area contributed by atoms with E-state index in [2.05, 4.69) is 46.2 Å². The molecule has 5 amide bonds. The highest BCUT2D eigenvalue weighted by atomic mass is 28.4. The third-order valence-corrected chi connectivity index (χ3v) is 22.9. The minimum Gasteiger partial charge on any atom is -0.489 e. The number of hydrogen-bond acceptors (Lipinski definition) is 15. The summed E-state index contributed by atoms with van der Waals surface area (Å²) in [7, 11) is -4.38. The highest BCUT2D eigenvalue weighted by Gasteiger charge is 2.41. The van der Waals surface area contributed by atoms with Crippen molar-refractivity contribution in [2.24, 2.45) is 0 Å². The number of rotatable bonds is 35. The quantitative estimate of drug-likeness (QED) is 0.0141. The van der Waals surface area contributed by atoms with Gasteiger partial charge in [0, 0.05) is 40.4 Å². The van der Waals surface area contributed by atoms with Gasteiger partial charge in [0.25, 0.3) is 0 Å². The van der Waals surface area contributed by atoms with Crippen LogP contribution in [0.2, 0.25) is 43.8 Å². The Kier molecular flexibility index (Phi) is 29.7. The summed E-state index contributed by atoms with van der Waals surface area (Å²) in [4.78, 5) is 99.1. The molecule has 0 aliphatic heterocycles. The smallest absolute Gasteiger partial charge is 0.408 e. The third kappa shape index (κ3) is 28.1. The molecule has 20 nitrogen and oxygen atoms in total. The molecule has 0 unspecified atom stereocenters. The zero-order chi connectivity index (χ0) is 73.0. The number of nitrogens with one attached hydrogen (secondary N) is 5. The van der Waals surface area contributed by atoms with E-state index in [1.807, 2.05) is 210 Å². The number of amides is 5. The Morgan fingerprint density at radius 3 is 1.34 bits per heavy atom. The van der Waals surface area contributed by atoms with Crippen molar-refractivity contribution in [3.63, 3.8) is 0 Å². The predicted molar refractivity (Wildman–Crippen MR) is 394 cm³/mol. The van der Waals surface area contributed by atoms with Gasteiger partial charge < -0.3 is 64.2 Å². The Labute approximate surface area is 596 Å². The molecule has 538 valence electrons. The standard InChI is InChI=1S/C79H99N5O15Si2/c1-78(2,3)98-77(91)83-67(49-65(99-101(10,11)79(4,5)6)50-81-75(89)96-54-59-33-23-15-24-34-59)73(87)82-66(72(86)80-42-41-71(85)95-53-58-31-21-14-22-32-58)47-63-45-61(37-39-69(63)93-51-56-27-17-12-18-28-56)62-38-40-70(94-52-57-29-19-13-20-30-57)64(46-62)48-68(74(88)92-43-44-100(7,8)9)84-76(90)97-55-60-35-25-16-26-36-60/h12-40,45-46,65-68H,41-44,47-55H2,1-11H3,(H,80,86)(H,81,89)(H,82,87)(H,83,91)(H,84,90)/t65-,66+,67+,68+/m1/s1. The summed E-state index contributed by atoms with van der Waals surface area (Å²) in [5.74, 6) is -1.96. The van der Waals surface area contributed by atoms with Crippen LogP contribution in [-0.2, 0) is 93.2 Å². The first-order valence-corrected chi connectivity index (χ1v) is 40.8. The highest BCUT2D eigenvalue weighted by Crippen LogP contribution is 2.38. The fourth-order valence-electron chi connectivity index (χ4n) is 10.1. The molecular weight excluding hydrogens is 1320 g/mol. The first-order valence-electron chi connectivity index (χ1n) is 34.2. The maximum absolute atomic E-state index is 15.5. The second kappa shape index (κ2) is 38.1. The van der Waals surface area contributed by atoms with E-state index in [1.165, 1.54) is 0 Å². The summed E-state index contributed by atoms with van der Waals surface area (Å²) >= 11 is 0. The van der Waals surface area contributed by atoms with E-state index in [0.717, 1.165) is 27.8 Å². The van der Waals surface area contributed by atoms with Crippen molar-refractivity contribution in [2.75, 3.05) is 19.7 Å². The molecule has 0 aliphatic carbocycles. The molecular formula is C79H99N5O15Si2. The highest BCUT2D eigenvalue weighted by molar-refractivity contribution is 6.76. The number of alkyl carbamates (subject to hydrolysis) is 3. The van der Waals surface area contributed by atoms with Crippen LogP contribution in [0.4, 0.5) is 14.4 Å². The SMILES string of the molecule is CC(C)(C)OC(=O)N[C@@H](C[C@H](CNC(=O)OCc1ccccc1)O[Si](C)(C)C(C)(C)C)C(=O)N[C@@H](Cc1cc(-c2ccc(OCc3ccccc3)c(C[C@H](NC(=O)OCc3ccccc3)C(=O)OCC[Si](C)(C)C)c2)ccc1OCc1ccccc1)C(=O)NCCC(=O)OCc1ccccc1. The van der Waals surface area contributed by atoms with Crippen LogP contribution in [0.15, 0.2) is 188 Å². The average Bonchev–Trinajstić information content (AvgIpc) is 0.813. The van der Waals surface area contributed by atoms with Crippen LogP contribution in [0.5, 0.6) is 11.5 Å². The molecule has 4 atom stereocenters. The lowest BCUT2D eigenvalue weighted by Crippen LogP contribution is -2.57. The van der Waals surface area contributed by atoms with Gasteiger partial charge in [-0.05, 0) is 119 Å². The largest absolute Gasteiger partial charge is 0.489 e. The normalized spacial score (nSPS) is 12.8. The zero-order valence-corrected chi connectivity index (χ0v) is 62.0. The van der Waals surface area contributed by atoms with Gasteiger partial charge in [0.2, 0.25) is 11.8 Å². The maximum atomic E-state index is 15.5. The topological polar surface area (TPSA) is 253 Å². The van der Waals surface area contributed by atoms with Gasteiger partial charge in [-0.2, -0.15) is 0 Å². The number of ether oxygens (including phenoxy) is 7. The Hall–Kier alpha value is -9.78. The number of esters is 2. The number of carbonyl (C=O) groups excluding carboxylic acids is 7. The van der Waals surface area contributed by atoms with Crippen LogP contribution in [0.3, 0.4) is 0 Å². The maximum Gasteiger partial charge on any atom is 0.408 e. The van der Waals surface area contributed by atoms with Crippen molar-refractivity contribution in [2.45, 2.75) is 174 Å². The molecule has 0 radical (unpaired) electrons. The summed E-state index contributed by atoms with van der Waals surface area (Å²) < 4.78 is 48.5. The van der Waals surface area contributed by atoms with Gasteiger partial charge >= 0.3 is 30.2 Å². The number of carbonyl (C=O) groups is 7. The van der Waals surface area contributed by atoms with Gasteiger partial charge in [-0.3, -0.25) is 14.4 Å². The van der Waals surface area contributed by atoms with E-state index in [1.54, 1.807) is 32.9 Å². The second-order valence-corrected chi connectivity index (χ2v) is 38.8. The molecule has 7 aromatic rings. The van der Waals surface area contributed by atoms with Crippen molar-refractivity contribution < 1.29 is 71.1 Å². The van der Waals surface area contributed by atoms with Crippen molar-refractivity contribution in [3.05, 3.63) is 227 Å². The van der Waals surface area contributed by atoms with E-state index in [-0.39, 0.29) is 83.5 Å². The van der Waals surface area contributed by atoms with Crippen molar-refractivity contribution in [1.82, 2.24) is 26.6 Å². The van der Waals surface area contributed by atoms with Gasteiger partial charge in [-0.1, -0.05) is 204 Å². The Morgan fingerprint density at radius 2 is 0.881 bits per heavy atom. The number of benzene rings is 7. The molecule has 0 saturated carbocycles. The lowest BCUT2D eigenvalue weighted by Gasteiger charge is -2.40. The first-order chi connectivity index (χ1) is 48.0. The molecule has 5 N–H and O–H groups in total. The molecule has 101 heavy (non-hydrogen) atoms. The van der Waals surface area contributed by atoms with Gasteiger partial charge in [-0.25, -0.2) is 19.2 Å². The molecule has 0 fully saturated rings. The molecule has 0 saturated heterocycles. The molecule has 0 aliphatic rings. The monoisotopic (exact) mass is 1410 g/mol. The fourth-order valence-corrected chi connectivity index (χ4v) is 12.2. The van der Waals surface area contributed by atoms with Gasteiger partial charge in [0.1, 0.15) is 68.3 Å². The summed E-state index contributed by atoms with van der Waals surface area (Å²) in [6, 6.07) is 54.1. The summed E-state index contributed by atoms with van der Waals surface area (Å²) in [6.45, 7) is 21.9. The first kappa shape index (κ1) is 78.6. The van der Waals surface area contributed by atoms with Crippen LogP contribution >= 0.6 is 0 Å². The summed E-state index contributed by atoms with van der Waals surface area (Å²) in [5, 5.41) is 13.8. The molecule has 7 aromatic carbocycles. The molecule has 0 bridgehead atoms. The van der Waals surface area contributed by atoms with Crippen LogP contribution in [0, 0.1) is 0 Å². The van der Waals surface area contributed by atoms with E-state index < -0.39 is 88.3 Å². The lowest BCUT2D eigenvalue weighted by atomic mass is 9.95. The zero-order valence-electron chi connectivity index (χ0n) is 60.0. The van der Waals surface area contributed by atoms with Crippen LogP contribution in [0.25, 0.3) is 11.1 Å². The van der Waals surface area contributed by atoms with E-state index in [4.69, 9.17) is 37.6 Å². The van der Waals surface area contributed by atoms with E-state index >= 15 is 9.59 Å². The average molecular weight is 1410 g/mol. The predicted octanol–water partition coefficient (Wildman–Crippen LogP) is 14.1. The van der Waals surface area contributed by atoms with E-state index in [9.17, 15) is 24.0 Å². The van der Waals surface area contributed by atoms with Crippen LogP contribution in [-0.4, -0.2) is 108 Å². The molecule has 7 rings (SSSR count). The lowest BCUT2D eigenvalue weighted by molar-refractivity contribution is -0.146. The molecule has 22 heteroatoms. The molecule has 0 aromatic heterocycles. The third-order valence-electron chi connectivity index (χ3n) is 16.6. The van der Waals surface area contributed by atoms with Crippen LogP contribution < -0.4 is 36.1 Å². The Morgan fingerprint density at radius 1 is 0.446 bits per heavy atom. The summed E-state index contributed by atoms with van der Waals surface area (Å²) in [5.41, 5.74) is 5.26. The fraction of sp³-hybridized carbons (Fsp3) is 0.380. The Balaban J connectivity index is 1.28. The minimum absolute atomic E-state index is 0.00581. The van der Waals surface area contributed by atoms with Gasteiger partial charge in [0.05, 0.1) is 19.1 Å². The van der Waals surface area contributed by atoms with Crippen molar-refractivity contribution >= 4 is 58.4 Å². The summed E-state index contributed by atoms with van der Waals surface area (Å²) in [6.07, 6.45) is -4.14. The van der Waals surface area contributed by atoms with Crippen LogP contribution in [0.1, 0.15) is 93.3 Å².